The number of nitrogens with zero attached hydrogens (tertiary/aromatic N) is 3. The lowest BCUT2D eigenvalue weighted by Crippen LogP contribution is -2.24. The number of benzene rings is 1. The maximum atomic E-state index is 12.9. The van der Waals surface area contributed by atoms with E-state index in [-0.39, 0.29) is 13.1 Å². The zero-order valence-electron chi connectivity index (χ0n) is 7.94. The first-order valence-electron chi connectivity index (χ1n) is 4.23. The number of rotatable bonds is 3. The molecule has 1 aromatic carbocycles. The van der Waals surface area contributed by atoms with E-state index in [2.05, 4.69) is 0 Å². The van der Waals surface area contributed by atoms with Gasteiger partial charge in [-0.25, -0.2) is 4.39 Å². The van der Waals surface area contributed by atoms with Crippen molar-refractivity contribution in [2.24, 2.45) is 0 Å². The lowest BCUT2D eigenvalue weighted by atomic mass is 10.2. The molecule has 1 rings (SSSR count). The van der Waals surface area contributed by atoms with Gasteiger partial charge in [0.05, 0.1) is 23.5 Å². The minimum absolute atomic E-state index is 0.00120. The van der Waals surface area contributed by atoms with E-state index in [9.17, 15) is 4.39 Å². The SMILES string of the molecule is N#CCN(CC#N)c1cc(F)ccc1N. The van der Waals surface area contributed by atoms with Crippen molar-refractivity contribution in [3.05, 3.63) is 24.0 Å². The van der Waals surface area contributed by atoms with Gasteiger partial charge in [-0.3, -0.25) is 0 Å². The number of nitrogens with two attached hydrogens (primary N) is 1. The van der Waals surface area contributed by atoms with Crippen LogP contribution in [-0.2, 0) is 0 Å². The molecule has 4 nitrogen and oxygen atoms in total. The quantitative estimate of drug-likeness (QED) is 0.594. The molecule has 0 saturated carbocycles. The van der Waals surface area contributed by atoms with Crippen molar-refractivity contribution in [1.82, 2.24) is 0 Å². The first-order chi connectivity index (χ1) is 7.19. The molecule has 15 heavy (non-hydrogen) atoms. The van der Waals surface area contributed by atoms with Crippen LogP contribution in [0.25, 0.3) is 0 Å². The van der Waals surface area contributed by atoms with Gasteiger partial charge >= 0.3 is 0 Å². The van der Waals surface area contributed by atoms with Crippen molar-refractivity contribution in [3.63, 3.8) is 0 Å². The predicted octanol–water partition coefficient (Wildman–Crippen LogP) is 1.26. The topological polar surface area (TPSA) is 76.8 Å². The number of nitrogen functional groups attached to an aromatic ring is 1. The third-order valence-electron chi connectivity index (χ3n) is 1.86. The summed E-state index contributed by atoms with van der Waals surface area (Å²) < 4.78 is 12.9. The van der Waals surface area contributed by atoms with Crippen molar-refractivity contribution in [1.29, 1.82) is 10.5 Å². The second kappa shape index (κ2) is 4.83. The van der Waals surface area contributed by atoms with Gasteiger partial charge in [0.1, 0.15) is 18.9 Å². The molecule has 0 saturated heterocycles. The lowest BCUT2D eigenvalue weighted by Gasteiger charge is -2.19. The van der Waals surface area contributed by atoms with Crippen LogP contribution < -0.4 is 10.6 Å². The fraction of sp³-hybridized carbons (Fsp3) is 0.200. The van der Waals surface area contributed by atoms with Crippen molar-refractivity contribution < 1.29 is 4.39 Å². The normalized spacial score (nSPS) is 9.00. The number of nitriles is 2. The number of halogens is 1. The van der Waals surface area contributed by atoms with Crippen molar-refractivity contribution >= 4 is 11.4 Å². The second-order valence-corrected chi connectivity index (χ2v) is 2.88. The van der Waals surface area contributed by atoms with Crippen LogP contribution in [0.15, 0.2) is 18.2 Å². The average molecular weight is 204 g/mol. The monoisotopic (exact) mass is 204 g/mol. The Kier molecular flexibility index (Phi) is 3.48. The van der Waals surface area contributed by atoms with E-state index in [4.69, 9.17) is 16.3 Å². The first-order valence-corrected chi connectivity index (χ1v) is 4.23. The van der Waals surface area contributed by atoms with E-state index in [0.29, 0.717) is 11.4 Å². The molecule has 0 radical (unpaired) electrons. The molecule has 0 atom stereocenters. The van der Waals surface area contributed by atoms with E-state index < -0.39 is 5.82 Å². The number of hydrogen-bond acceptors (Lipinski definition) is 4. The van der Waals surface area contributed by atoms with Gasteiger partial charge < -0.3 is 10.6 Å². The van der Waals surface area contributed by atoms with Crippen LogP contribution in [0.4, 0.5) is 15.8 Å². The molecule has 2 N–H and O–H groups in total. The van der Waals surface area contributed by atoms with Gasteiger partial charge in [0.25, 0.3) is 0 Å². The van der Waals surface area contributed by atoms with Gasteiger partial charge in [0.2, 0.25) is 0 Å². The number of anilines is 2. The Balaban J connectivity index is 3.06. The van der Waals surface area contributed by atoms with Crippen LogP contribution >= 0.6 is 0 Å². The summed E-state index contributed by atoms with van der Waals surface area (Å²) in [7, 11) is 0. The Morgan fingerprint density at radius 2 is 1.87 bits per heavy atom. The molecule has 0 amide bonds. The molecule has 0 aromatic heterocycles. The summed E-state index contributed by atoms with van der Waals surface area (Å²) in [5.41, 5.74) is 6.35. The molecular formula is C10H9FN4. The van der Waals surface area contributed by atoms with Gasteiger partial charge in [-0.15, -0.1) is 0 Å². The van der Waals surface area contributed by atoms with Crippen molar-refractivity contribution in [3.8, 4) is 12.1 Å². The molecule has 76 valence electrons. The van der Waals surface area contributed by atoms with Gasteiger partial charge in [0, 0.05) is 0 Å². The highest BCUT2D eigenvalue weighted by atomic mass is 19.1. The first kappa shape index (κ1) is 10.8. The maximum Gasteiger partial charge on any atom is 0.125 e. The molecule has 0 aliphatic heterocycles. The van der Waals surface area contributed by atoms with Gasteiger partial charge in [-0.1, -0.05) is 0 Å². The fourth-order valence-electron chi connectivity index (χ4n) is 1.19. The lowest BCUT2D eigenvalue weighted by molar-refractivity contribution is 0.627. The summed E-state index contributed by atoms with van der Waals surface area (Å²) in [5, 5.41) is 17.1. The van der Waals surface area contributed by atoms with Crippen LogP contribution in [-0.4, -0.2) is 13.1 Å². The molecule has 0 aliphatic carbocycles. The molecule has 5 heteroatoms. The Labute approximate surface area is 86.9 Å². The molecular weight excluding hydrogens is 195 g/mol. The van der Waals surface area contributed by atoms with Crippen LogP contribution in [0.3, 0.4) is 0 Å². The largest absolute Gasteiger partial charge is 0.397 e. The van der Waals surface area contributed by atoms with E-state index in [1.165, 1.54) is 23.1 Å². The highest BCUT2D eigenvalue weighted by Gasteiger charge is 2.09. The maximum absolute atomic E-state index is 12.9. The Hall–Kier alpha value is -2.27. The molecule has 0 fully saturated rings. The molecule has 0 bridgehead atoms. The minimum atomic E-state index is -0.444. The highest BCUT2D eigenvalue weighted by molar-refractivity contribution is 5.68. The summed E-state index contributed by atoms with van der Waals surface area (Å²) >= 11 is 0. The van der Waals surface area contributed by atoms with Crippen LogP contribution in [0.5, 0.6) is 0 Å². The standard InChI is InChI=1S/C10H9FN4/c11-8-1-2-9(14)10(7-8)15(5-3-12)6-4-13/h1-2,7H,5-6,14H2. The van der Waals surface area contributed by atoms with Crippen molar-refractivity contribution in [2.75, 3.05) is 23.7 Å². The summed E-state index contributed by atoms with van der Waals surface area (Å²) in [6, 6.07) is 7.64. The summed E-state index contributed by atoms with van der Waals surface area (Å²) in [4.78, 5) is 1.42. The predicted molar refractivity (Wildman–Crippen MR) is 54.3 cm³/mol. The second-order valence-electron chi connectivity index (χ2n) is 2.88. The Morgan fingerprint density at radius 1 is 1.27 bits per heavy atom. The van der Waals surface area contributed by atoms with E-state index in [1.54, 1.807) is 0 Å². The van der Waals surface area contributed by atoms with Crippen LogP contribution in [0.2, 0.25) is 0 Å². The minimum Gasteiger partial charge on any atom is -0.397 e. The Morgan fingerprint density at radius 3 is 2.40 bits per heavy atom. The fourth-order valence-corrected chi connectivity index (χ4v) is 1.19. The van der Waals surface area contributed by atoms with Crippen molar-refractivity contribution in [2.45, 2.75) is 0 Å². The molecule has 0 unspecified atom stereocenters. The van der Waals surface area contributed by atoms with Gasteiger partial charge in [-0.2, -0.15) is 10.5 Å². The number of hydrogen-bond donors (Lipinski definition) is 1. The third-order valence-corrected chi connectivity index (χ3v) is 1.86. The van der Waals surface area contributed by atoms with Gasteiger partial charge in [0.15, 0.2) is 0 Å². The van der Waals surface area contributed by atoms with E-state index in [1.807, 2.05) is 12.1 Å². The average Bonchev–Trinajstić information content (AvgIpc) is 2.21. The van der Waals surface area contributed by atoms with Crippen LogP contribution in [0.1, 0.15) is 0 Å². The Bertz CT molecular complexity index is 414. The van der Waals surface area contributed by atoms with Crippen LogP contribution in [0, 0.1) is 28.5 Å². The zero-order valence-corrected chi connectivity index (χ0v) is 7.94. The highest BCUT2D eigenvalue weighted by Crippen LogP contribution is 2.23. The summed E-state index contributed by atoms with van der Waals surface area (Å²) in [6.45, 7) is 0.00241. The zero-order chi connectivity index (χ0) is 11.3. The van der Waals surface area contributed by atoms with Gasteiger partial charge in [-0.05, 0) is 18.2 Å². The molecule has 0 aliphatic rings. The summed E-state index contributed by atoms with van der Waals surface area (Å²) in [6.07, 6.45) is 0. The third kappa shape index (κ3) is 2.58. The summed E-state index contributed by atoms with van der Waals surface area (Å²) in [5.74, 6) is -0.444. The molecule has 1 aromatic rings. The molecule has 0 spiro atoms. The smallest absolute Gasteiger partial charge is 0.125 e. The molecule has 0 heterocycles. The van der Waals surface area contributed by atoms with E-state index in [0.717, 1.165) is 0 Å². The van der Waals surface area contributed by atoms with E-state index >= 15 is 0 Å².